The Bertz CT molecular complexity index is 2280. The molecule has 0 aliphatic rings. The number of aromatic nitrogens is 4. The average molecular weight is 622 g/mol. The van der Waals surface area contributed by atoms with E-state index in [0.717, 1.165) is 45.1 Å². The number of benzene rings is 4. The highest BCUT2D eigenvalue weighted by Gasteiger charge is 2.27. The molecule has 47 heavy (non-hydrogen) atoms. The van der Waals surface area contributed by atoms with Crippen molar-refractivity contribution in [2.45, 2.75) is 78.7 Å². The number of hydrogen-bond donors (Lipinski definition) is 0. The van der Waals surface area contributed by atoms with Crippen LogP contribution in [0.3, 0.4) is 0 Å². The monoisotopic (exact) mass is 621 g/mol. The molecule has 5 nitrogen and oxygen atoms in total. The first-order valence-corrected chi connectivity index (χ1v) is 16.6. The van der Waals surface area contributed by atoms with Gasteiger partial charge in [0.05, 0.1) is 11.0 Å². The van der Waals surface area contributed by atoms with E-state index in [0.29, 0.717) is 0 Å². The highest BCUT2D eigenvalue weighted by Crippen LogP contribution is 2.42. The molecule has 0 aliphatic carbocycles. The van der Waals surface area contributed by atoms with Gasteiger partial charge in [-0.2, -0.15) is 4.57 Å². The number of hydrogen-bond acceptors (Lipinski definition) is 2. The Morgan fingerprint density at radius 1 is 0.638 bits per heavy atom. The van der Waals surface area contributed by atoms with E-state index >= 15 is 0 Å². The maximum absolute atomic E-state index is 6.90. The molecule has 0 aliphatic heterocycles. The third-order valence-corrected chi connectivity index (χ3v) is 9.10. The molecule has 3 aromatic heterocycles. The second-order valence-corrected chi connectivity index (χ2v) is 15.7. The predicted octanol–water partition coefficient (Wildman–Crippen LogP) is 10.6. The topological polar surface area (TPSA) is 35.9 Å². The highest BCUT2D eigenvalue weighted by atomic mass is 16.5. The Balaban J connectivity index is 1.41. The minimum Gasteiger partial charge on any atom is -0.457 e. The smallest absolute Gasteiger partial charge is 0.250 e. The van der Waals surface area contributed by atoms with Crippen molar-refractivity contribution in [3.63, 3.8) is 0 Å². The molecule has 3 heterocycles. The lowest BCUT2D eigenvalue weighted by atomic mass is 9.85. The molecular formula is C42H45N4O+. The van der Waals surface area contributed by atoms with Crippen molar-refractivity contribution in [3.05, 3.63) is 121 Å². The van der Waals surface area contributed by atoms with Crippen LogP contribution in [-0.4, -0.2) is 14.1 Å². The van der Waals surface area contributed by atoms with Gasteiger partial charge in [-0.05, 0) is 85.7 Å². The fourth-order valence-electron chi connectivity index (χ4n) is 6.60. The Labute approximate surface area is 278 Å². The summed E-state index contributed by atoms with van der Waals surface area (Å²) in [5.74, 6) is 2.55. The summed E-state index contributed by atoms with van der Waals surface area (Å²) in [5.41, 5.74) is 7.82. The third-order valence-electron chi connectivity index (χ3n) is 9.10. The normalized spacial score (nSPS) is 12.8. The van der Waals surface area contributed by atoms with E-state index < -0.39 is 0 Å². The van der Waals surface area contributed by atoms with Crippen LogP contribution >= 0.6 is 0 Å². The zero-order chi connectivity index (χ0) is 33.3. The highest BCUT2D eigenvalue weighted by molar-refractivity contribution is 6.10. The van der Waals surface area contributed by atoms with Gasteiger partial charge in [0, 0.05) is 34.7 Å². The summed E-state index contributed by atoms with van der Waals surface area (Å²) in [5, 5.41) is 2.40. The van der Waals surface area contributed by atoms with Crippen LogP contribution in [0.25, 0.3) is 44.3 Å². The van der Waals surface area contributed by atoms with Crippen LogP contribution < -0.4 is 9.30 Å². The lowest BCUT2D eigenvalue weighted by molar-refractivity contribution is -0.731. The van der Waals surface area contributed by atoms with Gasteiger partial charge in [0.2, 0.25) is 6.33 Å². The summed E-state index contributed by atoms with van der Waals surface area (Å²) in [6.45, 7) is 20.2. The van der Waals surface area contributed by atoms with Crippen LogP contribution in [0.15, 0.2) is 110 Å². The summed E-state index contributed by atoms with van der Waals surface area (Å²) in [7, 11) is 0. The molecule has 0 atom stereocenters. The van der Waals surface area contributed by atoms with Gasteiger partial charge in [0.1, 0.15) is 28.5 Å². The number of rotatable bonds is 4. The second kappa shape index (κ2) is 10.8. The lowest BCUT2D eigenvalue weighted by Crippen LogP contribution is -2.49. The second-order valence-electron chi connectivity index (χ2n) is 15.7. The molecule has 238 valence electrons. The fourth-order valence-corrected chi connectivity index (χ4v) is 6.60. The SMILES string of the molecule is CC(C)(C)c1ccnc(-n2c3ccccc3c3cc(C(C)(C)C)c(Oc4cccc(-n5c[n+](C(C)(C)C)c6ccccc65)c4)cc32)c1. The molecule has 4 aromatic carbocycles. The van der Waals surface area contributed by atoms with E-state index in [-0.39, 0.29) is 16.4 Å². The molecule has 0 amide bonds. The largest absolute Gasteiger partial charge is 0.457 e. The van der Waals surface area contributed by atoms with Crippen LogP contribution in [0.5, 0.6) is 11.5 Å². The third kappa shape index (κ3) is 5.48. The van der Waals surface area contributed by atoms with Crippen LogP contribution in [0.2, 0.25) is 0 Å². The van der Waals surface area contributed by atoms with Crippen molar-refractivity contribution in [1.29, 1.82) is 0 Å². The Kier molecular flexibility index (Phi) is 7.09. The number of ether oxygens (including phenoxy) is 1. The first kappa shape index (κ1) is 30.7. The van der Waals surface area contributed by atoms with Gasteiger partial charge in [-0.3, -0.25) is 4.57 Å². The van der Waals surface area contributed by atoms with Gasteiger partial charge in [-0.1, -0.05) is 77.9 Å². The lowest BCUT2D eigenvalue weighted by Gasteiger charge is -2.23. The summed E-state index contributed by atoms with van der Waals surface area (Å²) in [6.07, 6.45) is 4.13. The number of pyridine rings is 1. The molecule has 0 N–H and O–H groups in total. The molecule has 0 radical (unpaired) electrons. The molecule has 0 unspecified atom stereocenters. The summed E-state index contributed by atoms with van der Waals surface area (Å²) in [6, 6.07) is 34.5. The molecule has 0 spiro atoms. The molecule has 0 saturated heterocycles. The van der Waals surface area contributed by atoms with Gasteiger partial charge in [-0.25, -0.2) is 9.55 Å². The molecule has 0 bridgehead atoms. The molecule has 0 fully saturated rings. The van der Waals surface area contributed by atoms with Gasteiger partial charge in [0.15, 0.2) is 11.0 Å². The zero-order valence-electron chi connectivity index (χ0n) is 29.1. The van der Waals surface area contributed by atoms with Crippen molar-refractivity contribution in [2.75, 3.05) is 0 Å². The molecule has 7 rings (SSSR count). The van der Waals surface area contributed by atoms with E-state index in [1.54, 1.807) is 0 Å². The predicted molar refractivity (Wildman–Crippen MR) is 195 cm³/mol. The molecule has 0 saturated carbocycles. The van der Waals surface area contributed by atoms with Crippen LogP contribution in [0.1, 0.15) is 73.4 Å². The van der Waals surface area contributed by atoms with Crippen LogP contribution in [-0.2, 0) is 16.4 Å². The van der Waals surface area contributed by atoms with Crippen molar-refractivity contribution < 1.29 is 9.30 Å². The number of fused-ring (bicyclic) bond motifs is 4. The number of nitrogens with zero attached hydrogens (tertiary/aromatic N) is 4. The van der Waals surface area contributed by atoms with E-state index in [1.807, 2.05) is 12.3 Å². The Morgan fingerprint density at radius 2 is 1.36 bits per heavy atom. The number of imidazole rings is 1. The number of para-hydroxylation sites is 3. The summed E-state index contributed by atoms with van der Waals surface area (Å²) in [4.78, 5) is 4.89. The van der Waals surface area contributed by atoms with E-state index in [4.69, 9.17) is 9.72 Å². The van der Waals surface area contributed by atoms with E-state index in [1.165, 1.54) is 21.9 Å². The fraction of sp³-hybridized carbons (Fsp3) is 0.286. The first-order valence-electron chi connectivity index (χ1n) is 16.6. The average Bonchev–Trinajstić information content (AvgIpc) is 3.56. The maximum Gasteiger partial charge on any atom is 0.250 e. The minimum atomic E-state index is -0.149. The zero-order valence-corrected chi connectivity index (χ0v) is 29.1. The minimum absolute atomic E-state index is 0.00629. The van der Waals surface area contributed by atoms with Gasteiger partial charge < -0.3 is 4.74 Å². The summed E-state index contributed by atoms with van der Waals surface area (Å²) >= 11 is 0. The van der Waals surface area contributed by atoms with Crippen molar-refractivity contribution in [2.24, 2.45) is 0 Å². The van der Waals surface area contributed by atoms with Crippen LogP contribution in [0.4, 0.5) is 0 Å². The first-order chi connectivity index (χ1) is 22.2. The van der Waals surface area contributed by atoms with E-state index in [2.05, 4.69) is 173 Å². The van der Waals surface area contributed by atoms with Gasteiger partial charge >= 0.3 is 0 Å². The summed E-state index contributed by atoms with van der Waals surface area (Å²) < 4.78 is 13.8. The molecular weight excluding hydrogens is 576 g/mol. The van der Waals surface area contributed by atoms with E-state index in [9.17, 15) is 0 Å². The molecule has 5 heteroatoms. The Morgan fingerprint density at radius 3 is 2.09 bits per heavy atom. The maximum atomic E-state index is 6.90. The molecule has 7 aromatic rings. The van der Waals surface area contributed by atoms with Crippen molar-refractivity contribution in [3.8, 4) is 23.0 Å². The Hall–Kier alpha value is -4.90. The van der Waals surface area contributed by atoms with Crippen molar-refractivity contribution in [1.82, 2.24) is 14.1 Å². The standard InChI is InChI=1S/C42H45N4O/c1-40(2,3)28-21-22-43-39(23-28)46-34-18-11-10-17-31(34)32-25-33(41(4,5)6)38(26-37(32)46)47-30-16-14-15-29(24-30)44-27-45(42(7,8)9)36-20-13-12-19-35(36)44/h10-27H,1-9H3/q+1. The van der Waals surface area contributed by atoms with Gasteiger partial charge in [-0.15, -0.1) is 0 Å². The van der Waals surface area contributed by atoms with Crippen LogP contribution in [0, 0.1) is 0 Å². The van der Waals surface area contributed by atoms with Crippen molar-refractivity contribution >= 4 is 32.8 Å². The van der Waals surface area contributed by atoms with Gasteiger partial charge in [0.25, 0.3) is 0 Å². The quantitative estimate of drug-likeness (QED) is 0.183.